The molecule has 0 saturated carbocycles. The molecule has 9 nitrogen and oxygen atoms in total. The second kappa shape index (κ2) is 7.81. The standard InChI is InChI=1S/C20H18N4O5S/c25-17(22-16-10-11-21-23-16)12-24-18(19(26)13-6-2-1-3-7-13)20(27)14-8-4-5-9-15(14)30(24,28)29/h1-9,18,21H,10-12H2,(H,22,23,25). The van der Waals surface area contributed by atoms with Crippen LogP contribution < -0.4 is 10.7 Å². The predicted octanol–water partition coefficient (Wildman–Crippen LogP) is 0.548. The van der Waals surface area contributed by atoms with Gasteiger partial charge in [0, 0.05) is 24.1 Å². The van der Waals surface area contributed by atoms with E-state index in [0.29, 0.717) is 23.1 Å². The van der Waals surface area contributed by atoms with Crippen LogP contribution in [0.15, 0.2) is 64.6 Å². The first-order chi connectivity index (χ1) is 14.4. The number of carbonyl (C=O) groups excluding carboxylic acids is 3. The Labute approximate surface area is 172 Å². The summed E-state index contributed by atoms with van der Waals surface area (Å²) in [5, 5.41) is 6.41. The molecule has 2 heterocycles. The minimum absolute atomic E-state index is 0.0622. The molecular formula is C20H18N4O5S. The van der Waals surface area contributed by atoms with Crippen molar-refractivity contribution in [3.8, 4) is 0 Å². The van der Waals surface area contributed by atoms with E-state index in [0.717, 1.165) is 0 Å². The van der Waals surface area contributed by atoms with Crippen LogP contribution in [0.5, 0.6) is 0 Å². The highest BCUT2D eigenvalue weighted by Crippen LogP contribution is 2.31. The van der Waals surface area contributed by atoms with Gasteiger partial charge in [-0.2, -0.15) is 9.41 Å². The number of amides is 1. The number of hydrogen-bond acceptors (Lipinski definition) is 7. The Hall–Kier alpha value is -3.37. The second-order valence-corrected chi connectivity index (χ2v) is 8.67. The number of sulfonamides is 1. The number of benzene rings is 2. The molecule has 2 aromatic carbocycles. The summed E-state index contributed by atoms with van der Waals surface area (Å²) >= 11 is 0. The highest BCUT2D eigenvalue weighted by atomic mass is 32.2. The molecule has 1 amide bonds. The van der Waals surface area contributed by atoms with Gasteiger partial charge in [-0.3, -0.25) is 14.4 Å². The first-order valence-corrected chi connectivity index (χ1v) is 10.7. The van der Waals surface area contributed by atoms with Gasteiger partial charge in [0.05, 0.1) is 11.4 Å². The predicted molar refractivity (Wildman–Crippen MR) is 107 cm³/mol. The third-order valence-corrected chi connectivity index (χ3v) is 6.72. The van der Waals surface area contributed by atoms with Crippen LogP contribution in [0.25, 0.3) is 0 Å². The molecule has 0 bridgehead atoms. The number of rotatable bonds is 4. The quantitative estimate of drug-likeness (QED) is 0.543. The van der Waals surface area contributed by atoms with Crippen molar-refractivity contribution in [1.29, 1.82) is 0 Å². The van der Waals surface area contributed by atoms with Crippen molar-refractivity contribution in [3.05, 3.63) is 65.7 Å². The van der Waals surface area contributed by atoms with Crippen molar-refractivity contribution < 1.29 is 22.8 Å². The first kappa shape index (κ1) is 19.9. The van der Waals surface area contributed by atoms with Crippen molar-refractivity contribution in [2.45, 2.75) is 17.4 Å². The summed E-state index contributed by atoms with van der Waals surface area (Å²) in [6.45, 7) is -0.136. The minimum Gasteiger partial charge on any atom is -0.312 e. The molecule has 4 rings (SSSR count). The summed E-state index contributed by atoms with van der Waals surface area (Å²) in [5.41, 5.74) is 2.82. The smallest absolute Gasteiger partial charge is 0.245 e. The summed E-state index contributed by atoms with van der Waals surface area (Å²) in [4.78, 5) is 38.6. The number of nitrogens with one attached hydrogen (secondary N) is 2. The van der Waals surface area contributed by atoms with Crippen molar-refractivity contribution >= 4 is 33.3 Å². The van der Waals surface area contributed by atoms with Gasteiger partial charge in [-0.05, 0) is 12.1 Å². The molecule has 154 valence electrons. The zero-order valence-electron chi connectivity index (χ0n) is 15.7. The van der Waals surface area contributed by atoms with Crippen LogP contribution in [0.4, 0.5) is 0 Å². The van der Waals surface area contributed by atoms with Crippen LogP contribution in [-0.2, 0) is 14.8 Å². The molecule has 2 N–H and O–H groups in total. The largest absolute Gasteiger partial charge is 0.312 e. The van der Waals surface area contributed by atoms with Gasteiger partial charge in [-0.1, -0.05) is 42.5 Å². The lowest BCUT2D eigenvalue weighted by atomic mass is 9.96. The van der Waals surface area contributed by atoms with Crippen molar-refractivity contribution in [3.63, 3.8) is 0 Å². The van der Waals surface area contributed by atoms with Crippen LogP contribution in [0, 0.1) is 0 Å². The molecule has 1 unspecified atom stereocenters. The van der Waals surface area contributed by atoms with E-state index in [4.69, 9.17) is 0 Å². The third kappa shape index (κ3) is 3.51. The van der Waals surface area contributed by atoms with Crippen molar-refractivity contribution in [2.24, 2.45) is 5.10 Å². The second-order valence-electron chi connectivity index (χ2n) is 6.81. The van der Waals surface area contributed by atoms with Crippen molar-refractivity contribution in [2.75, 3.05) is 13.1 Å². The van der Waals surface area contributed by atoms with Crippen LogP contribution in [0.3, 0.4) is 0 Å². The minimum atomic E-state index is -4.27. The Morgan fingerprint density at radius 3 is 2.50 bits per heavy atom. The van der Waals surface area contributed by atoms with Gasteiger partial charge in [0.2, 0.25) is 15.9 Å². The molecule has 0 aliphatic carbocycles. The number of amidine groups is 1. The van der Waals surface area contributed by atoms with E-state index in [2.05, 4.69) is 15.8 Å². The number of ketones is 2. The van der Waals surface area contributed by atoms with Gasteiger partial charge in [-0.15, -0.1) is 0 Å². The monoisotopic (exact) mass is 426 g/mol. The molecule has 0 saturated heterocycles. The number of hydrazone groups is 1. The number of Topliss-reactive ketones (excluding diaryl/α,β-unsaturated/α-hetero) is 2. The maximum absolute atomic E-state index is 13.3. The highest BCUT2D eigenvalue weighted by Gasteiger charge is 2.48. The zero-order valence-corrected chi connectivity index (χ0v) is 16.6. The average Bonchev–Trinajstić information content (AvgIpc) is 3.25. The molecule has 30 heavy (non-hydrogen) atoms. The van der Waals surface area contributed by atoms with Crippen molar-refractivity contribution in [1.82, 2.24) is 15.0 Å². The SMILES string of the molecule is O=C(CN1C(C(=O)c2ccccc2)C(=O)c2ccccc2S1(=O)=O)NC1=NNCC1. The summed E-state index contributed by atoms with van der Waals surface area (Å²) in [6.07, 6.45) is 0.479. The maximum atomic E-state index is 13.3. The van der Waals surface area contributed by atoms with Crippen LogP contribution in [0.2, 0.25) is 0 Å². The van der Waals surface area contributed by atoms with E-state index in [1.807, 2.05) is 0 Å². The number of carbonyl (C=O) groups is 3. The number of fused-ring (bicyclic) bond motifs is 1. The van der Waals surface area contributed by atoms with Gasteiger partial charge in [-0.25, -0.2) is 8.42 Å². The van der Waals surface area contributed by atoms with Gasteiger partial charge in [0.1, 0.15) is 5.84 Å². The summed E-state index contributed by atoms with van der Waals surface area (Å²) < 4.78 is 27.2. The fourth-order valence-corrected chi connectivity index (χ4v) is 5.14. The zero-order chi connectivity index (χ0) is 21.3. The van der Waals surface area contributed by atoms with Crippen LogP contribution in [-0.4, -0.2) is 55.2 Å². The molecule has 0 radical (unpaired) electrons. The van der Waals surface area contributed by atoms with Crippen LogP contribution in [0.1, 0.15) is 27.1 Å². The fraction of sp³-hybridized carbons (Fsp3) is 0.200. The first-order valence-electron chi connectivity index (χ1n) is 9.23. The average molecular weight is 426 g/mol. The molecule has 2 aliphatic rings. The van der Waals surface area contributed by atoms with Gasteiger partial charge in [0.25, 0.3) is 0 Å². The lowest BCUT2D eigenvalue weighted by Crippen LogP contribution is -2.56. The summed E-state index contributed by atoms with van der Waals surface area (Å²) in [6, 6.07) is 12.0. The lowest BCUT2D eigenvalue weighted by molar-refractivity contribution is -0.120. The van der Waals surface area contributed by atoms with E-state index in [9.17, 15) is 22.8 Å². The summed E-state index contributed by atoms with van der Waals surface area (Å²) in [5.74, 6) is -1.67. The number of hydrogen-bond donors (Lipinski definition) is 2. The topological polar surface area (TPSA) is 125 Å². The van der Waals surface area contributed by atoms with E-state index in [-0.39, 0.29) is 16.0 Å². The van der Waals surface area contributed by atoms with Crippen LogP contribution >= 0.6 is 0 Å². The summed E-state index contributed by atoms with van der Waals surface area (Å²) in [7, 11) is -4.27. The third-order valence-electron chi connectivity index (χ3n) is 4.85. The van der Waals surface area contributed by atoms with Gasteiger partial charge in [0.15, 0.2) is 17.6 Å². The Morgan fingerprint density at radius 1 is 1.10 bits per heavy atom. The molecule has 0 aromatic heterocycles. The molecule has 10 heteroatoms. The van der Waals surface area contributed by atoms with E-state index in [1.165, 1.54) is 36.4 Å². The van der Waals surface area contributed by atoms with Gasteiger partial charge >= 0.3 is 0 Å². The maximum Gasteiger partial charge on any atom is 0.245 e. The molecular weight excluding hydrogens is 408 g/mol. The van der Waals surface area contributed by atoms with Gasteiger partial charge < -0.3 is 10.7 Å². The van der Waals surface area contributed by atoms with E-state index >= 15 is 0 Å². The number of nitrogens with zero attached hydrogens (tertiary/aromatic N) is 2. The molecule has 0 fully saturated rings. The molecule has 1 atom stereocenters. The highest BCUT2D eigenvalue weighted by molar-refractivity contribution is 7.89. The Bertz CT molecular complexity index is 1160. The molecule has 0 spiro atoms. The molecule has 2 aliphatic heterocycles. The van der Waals surface area contributed by atoms with E-state index < -0.39 is 40.1 Å². The molecule has 2 aromatic rings. The normalized spacial score (nSPS) is 20.1. The lowest BCUT2D eigenvalue weighted by Gasteiger charge is -2.33. The Balaban J connectivity index is 1.75. The Kier molecular flexibility index (Phi) is 5.18. The Morgan fingerprint density at radius 2 is 1.80 bits per heavy atom. The fourth-order valence-electron chi connectivity index (χ4n) is 3.44. The van der Waals surface area contributed by atoms with E-state index in [1.54, 1.807) is 18.2 Å².